The monoisotopic (exact) mass is 501 g/mol. The van der Waals surface area contributed by atoms with Crippen molar-refractivity contribution in [2.24, 2.45) is 0 Å². The van der Waals surface area contributed by atoms with Gasteiger partial charge in [0.25, 0.3) is 0 Å². The highest BCUT2D eigenvalue weighted by molar-refractivity contribution is 5.88. The lowest BCUT2D eigenvalue weighted by atomic mass is 9.94. The average molecular weight is 502 g/mol. The number of hydrogen-bond donors (Lipinski definition) is 0. The van der Waals surface area contributed by atoms with Crippen molar-refractivity contribution in [1.82, 2.24) is 14.4 Å². The summed E-state index contributed by atoms with van der Waals surface area (Å²) >= 11 is 0. The number of carbonyl (C=O) groups is 2. The first-order valence-corrected chi connectivity index (χ1v) is 13.7. The predicted molar refractivity (Wildman–Crippen MR) is 151 cm³/mol. The van der Waals surface area contributed by atoms with Crippen LogP contribution in [-0.2, 0) is 22.7 Å². The standard InChI is InChI=1S/C32H43N3O2/c1-6-8-19-34(23-29-18-13-20-33(29)22-27-15-12-14-26(5)21-27)31(36)24-35(25(3)4)32(37)30(7-2)28-16-10-9-11-17-28/h9-18,20-21,25,30H,6-8,19,22-24H2,1-5H3. The van der Waals surface area contributed by atoms with Crippen LogP contribution in [0, 0.1) is 6.92 Å². The van der Waals surface area contributed by atoms with Crippen LogP contribution in [-0.4, -0.2) is 45.3 Å². The first-order valence-electron chi connectivity index (χ1n) is 13.7. The minimum atomic E-state index is -0.243. The Balaban J connectivity index is 1.77. The van der Waals surface area contributed by atoms with Crippen LogP contribution < -0.4 is 0 Å². The molecule has 1 unspecified atom stereocenters. The van der Waals surface area contributed by atoms with E-state index in [-0.39, 0.29) is 30.3 Å². The lowest BCUT2D eigenvalue weighted by Gasteiger charge is -2.32. The molecular weight excluding hydrogens is 458 g/mol. The Morgan fingerprint density at radius 1 is 0.946 bits per heavy atom. The molecule has 2 aromatic carbocycles. The SMILES string of the molecule is CCCCN(Cc1cccn1Cc1cccc(C)c1)C(=O)CN(C(=O)C(CC)c1ccccc1)C(C)C. The molecule has 3 aromatic rings. The van der Waals surface area contributed by atoms with Gasteiger partial charge in [-0.2, -0.15) is 0 Å². The van der Waals surface area contributed by atoms with Gasteiger partial charge in [-0.3, -0.25) is 9.59 Å². The Kier molecular flexibility index (Phi) is 10.6. The van der Waals surface area contributed by atoms with Crippen LogP contribution in [0.15, 0.2) is 72.9 Å². The fourth-order valence-corrected chi connectivity index (χ4v) is 4.79. The minimum Gasteiger partial charge on any atom is -0.345 e. The number of aromatic nitrogens is 1. The summed E-state index contributed by atoms with van der Waals surface area (Å²) in [6.45, 7) is 12.3. The van der Waals surface area contributed by atoms with Crippen LogP contribution in [0.2, 0.25) is 0 Å². The van der Waals surface area contributed by atoms with Gasteiger partial charge >= 0.3 is 0 Å². The average Bonchev–Trinajstić information content (AvgIpc) is 3.32. The highest BCUT2D eigenvalue weighted by Crippen LogP contribution is 2.23. The molecule has 0 spiro atoms. The first-order chi connectivity index (χ1) is 17.8. The first kappa shape index (κ1) is 28.2. The van der Waals surface area contributed by atoms with Crippen molar-refractivity contribution in [1.29, 1.82) is 0 Å². The van der Waals surface area contributed by atoms with E-state index in [1.165, 1.54) is 11.1 Å². The third kappa shape index (κ3) is 7.82. The van der Waals surface area contributed by atoms with Crippen LogP contribution >= 0.6 is 0 Å². The van der Waals surface area contributed by atoms with Crippen molar-refractivity contribution in [2.75, 3.05) is 13.1 Å². The Morgan fingerprint density at radius 2 is 1.70 bits per heavy atom. The van der Waals surface area contributed by atoms with Crippen molar-refractivity contribution >= 4 is 11.8 Å². The molecule has 198 valence electrons. The van der Waals surface area contributed by atoms with Gasteiger partial charge in [0, 0.05) is 31.0 Å². The van der Waals surface area contributed by atoms with Crippen LogP contribution in [0.25, 0.3) is 0 Å². The number of benzene rings is 2. The van der Waals surface area contributed by atoms with Gasteiger partial charge in [0.05, 0.1) is 12.5 Å². The molecule has 0 saturated heterocycles. The summed E-state index contributed by atoms with van der Waals surface area (Å²) in [4.78, 5) is 31.0. The van der Waals surface area contributed by atoms with E-state index in [4.69, 9.17) is 0 Å². The summed E-state index contributed by atoms with van der Waals surface area (Å²) in [6.07, 6.45) is 4.72. The number of rotatable bonds is 13. The van der Waals surface area contributed by atoms with Gasteiger partial charge in [-0.05, 0) is 56.9 Å². The molecule has 1 heterocycles. The van der Waals surface area contributed by atoms with Crippen molar-refractivity contribution in [2.45, 2.75) is 78.9 Å². The van der Waals surface area contributed by atoms with Crippen LogP contribution in [0.1, 0.15) is 75.3 Å². The molecule has 0 bridgehead atoms. The summed E-state index contributed by atoms with van der Waals surface area (Å²) in [6, 6.07) is 22.5. The largest absolute Gasteiger partial charge is 0.345 e. The van der Waals surface area contributed by atoms with Crippen LogP contribution in [0.5, 0.6) is 0 Å². The summed E-state index contributed by atoms with van der Waals surface area (Å²) in [5.74, 6) is -0.218. The van der Waals surface area contributed by atoms with Gasteiger partial charge in [0.1, 0.15) is 6.54 Å². The molecule has 5 heteroatoms. The lowest BCUT2D eigenvalue weighted by molar-refractivity contribution is -0.143. The normalized spacial score (nSPS) is 11.9. The van der Waals surface area contributed by atoms with E-state index in [1.54, 1.807) is 4.90 Å². The van der Waals surface area contributed by atoms with Crippen molar-refractivity contribution in [3.05, 3.63) is 95.3 Å². The zero-order valence-electron chi connectivity index (χ0n) is 23.2. The van der Waals surface area contributed by atoms with Gasteiger partial charge in [0.15, 0.2) is 0 Å². The van der Waals surface area contributed by atoms with E-state index in [0.717, 1.165) is 30.6 Å². The maximum absolute atomic E-state index is 13.7. The molecule has 3 rings (SSSR count). The molecule has 37 heavy (non-hydrogen) atoms. The van der Waals surface area contributed by atoms with E-state index in [1.807, 2.05) is 62.1 Å². The Bertz CT molecular complexity index is 1140. The number of unbranched alkanes of at least 4 members (excludes halogenated alkanes) is 1. The highest BCUT2D eigenvalue weighted by atomic mass is 16.2. The van der Waals surface area contributed by atoms with E-state index in [0.29, 0.717) is 19.5 Å². The van der Waals surface area contributed by atoms with E-state index >= 15 is 0 Å². The van der Waals surface area contributed by atoms with Crippen LogP contribution in [0.3, 0.4) is 0 Å². The zero-order valence-corrected chi connectivity index (χ0v) is 23.2. The molecule has 0 N–H and O–H groups in total. The molecule has 0 fully saturated rings. The number of carbonyl (C=O) groups excluding carboxylic acids is 2. The Hall–Kier alpha value is -3.34. The molecule has 1 aromatic heterocycles. The van der Waals surface area contributed by atoms with Gasteiger partial charge < -0.3 is 14.4 Å². The second-order valence-corrected chi connectivity index (χ2v) is 10.2. The maximum atomic E-state index is 13.7. The van der Waals surface area contributed by atoms with Crippen LogP contribution in [0.4, 0.5) is 0 Å². The Labute approximate surface area is 223 Å². The fraction of sp³-hybridized carbons (Fsp3) is 0.438. The molecule has 0 aliphatic rings. The third-order valence-electron chi connectivity index (χ3n) is 6.97. The number of aryl methyl sites for hydroxylation is 1. The molecular formula is C32H43N3O2. The van der Waals surface area contributed by atoms with E-state index in [2.05, 4.69) is 54.9 Å². The highest BCUT2D eigenvalue weighted by Gasteiger charge is 2.29. The smallest absolute Gasteiger partial charge is 0.242 e. The minimum absolute atomic E-state index is 0.00159. The van der Waals surface area contributed by atoms with E-state index < -0.39 is 0 Å². The summed E-state index contributed by atoms with van der Waals surface area (Å²) in [5.41, 5.74) is 4.59. The molecule has 0 radical (unpaired) electrons. The summed E-state index contributed by atoms with van der Waals surface area (Å²) in [5, 5.41) is 0. The van der Waals surface area contributed by atoms with Gasteiger partial charge in [-0.25, -0.2) is 0 Å². The van der Waals surface area contributed by atoms with Crippen molar-refractivity contribution in [3.63, 3.8) is 0 Å². The fourth-order valence-electron chi connectivity index (χ4n) is 4.79. The van der Waals surface area contributed by atoms with Gasteiger partial charge in [0.2, 0.25) is 11.8 Å². The quantitative estimate of drug-likeness (QED) is 0.272. The summed E-state index contributed by atoms with van der Waals surface area (Å²) < 4.78 is 2.22. The number of hydrogen-bond acceptors (Lipinski definition) is 2. The van der Waals surface area contributed by atoms with E-state index in [9.17, 15) is 9.59 Å². The molecule has 0 aliphatic heterocycles. The number of nitrogens with zero attached hydrogens (tertiary/aromatic N) is 3. The summed E-state index contributed by atoms with van der Waals surface area (Å²) in [7, 11) is 0. The molecule has 1 atom stereocenters. The maximum Gasteiger partial charge on any atom is 0.242 e. The predicted octanol–water partition coefficient (Wildman–Crippen LogP) is 6.40. The van der Waals surface area contributed by atoms with Crippen molar-refractivity contribution < 1.29 is 9.59 Å². The molecule has 2 amide bonds. The second kappa shape index (κ2) is 13.8. The molecule has 0 aliphatic carbocycles. The topological polar surface area (TPSA) is 45.6 Å². The zero-order chi connectivity index (χ0) is 26.8. The molecule has 0 saturated carbocycles. The lowest BCUT2D eigenvalue weighted by Crippen LogP contribution is -2.47. The van der Waals surface area contributed by atoms with Gasteiger partial charge in [-0.15, -0.1) is 0 Å². The van der Waals surface area contributed by atoms with Gasteiger partial charge in [-0.1, -0.05) is 80.4 Å². The molecule has 5 nitrogen and oxygen atoms in total. The Morgan fingerprint density at radius 3 is 2.35 bits per heavy atom. The number of amides is 2. The second-order valence-electron chi connectivity index (χ2n) is 10.2. The van der Waals surface area contributed by atoms with Crippen molar-refractivity contribution in [3.8, 4) is 0 Å². The third-order valence-corrected chi connectivity index (χ3v) is 6.97.